The zero-order valence-electron chi connectivity index (χ0n) is 9.17. The SMILES string of the molecule is Nc1ccc(OCCS(=O)c2cccs2)cc1. The lowest BCUT2D eigenvalue weighted by atomic mass is 10.3. The molecule has 2 aromatic rings. The van der Waals surface area contributed by atoms with Crippen molar-refractivity contribution < 1.29 is 8.95 Å². The van der Waals surface area contributed by atoms with E-state index in [-0.39, 0.29) is 0 Å². The molecule has 0 aliphatic heterocycles. The zero-order valence-corrected chi connectivity index (χ0v) is 10.8. The highest BCUT2D eigenvalue weighted by Gasteiger charge is 2.04. The zero-order chi connectivity index (χ0) is 12.1. The van der Waals surface area contributed by atoms with Gasteiger partial charge in [-0.2, -0.15) is 0 Å². The Balaban J connectivity index is 1.80. The van der Waals surface area contributed by atoms with E-state index in [1.807, 2.05) is 29.6 Å². The molecule has 1 atom stereocenters. The van der Waals surface area contributed by atoms with Crippen molar-refractivity contribution in [1.82, 2.24) is 0 Å². The lowest BCUT2D eigenvalue weighted by Crippen LogP contribution is -2.07. The Morgan fingerprint density at radius 1 is 1.24 bits per heavy atom. The monoisotopic (exact) mass is 267 g/mol. The topological polar surface area (TPSA) is 52.3 Å². The van der Waals surface area contributed by atoms with Crippen LogP contribution < -0.4 is 10.5 Å². The van der Waals surface area contributed by atoms with Gasteiger partial charge in [0, 0.05) is 5.69 Å². The molecule has 0 radical (unpaired) electrons. The summed E-state index contributed by atoms with van der Waals surface area (Å²) in [4.78, 5) is 0. The van der Waals surface area contributed by atoms with E-state index >= 15 is 0 Å². The van der Waals surface area contributed by atoms with Gasteiger partial charge in [-0.1, -0.05) is 6.07 Å². The molecule has 0 aliphatic carbocycles. The molecule has 2 rings (SSSR count). The average molecular weight is 267 g/mol. The molecule has 0 amide bonds. The second-order valence-electron chi connectivity index (χ2n) is 3.40. The Labute approximate surface area is 107 Å². The van der Waals surface area contributed by atoms with Crippen molar-refractivity contribution in [2.75, 3.05) is 18.1 Å². The maximum atomic E-state index is 11.8. The largest absolute Gasteiger partial charge is 0.493 e. The molecule has 3 nitrogen and oxygen atoms in total. The van der Waals surface area contributed by atoms with Crippen LogP contribution in [0.4, 0.5) is 5.69 Å². The Hall–Kier alpha value is -1.33. The second kappa shape index (κ2) is 5.84. The molecule has 1 unspecified atom stereocenters. The molecule has 5 heteroatoms. The van der Waals surface area contributed by atoms with Crippen molar-refractivity contribution in [2.24, 2.45) is 0 Å². The minimum atomic E-state index is -0.962. The molecular formula is C12H13NO2S2. The van der Waals surface area contributed by atoms with Gasteiger partial charge in [-0.15, -0.1) is 11.3 Å². The molecule has 0 saturated carbocycles. The molecule has 0 fully saturated rings. The fraction of sp³-hybridized carbons (Fsp3) is 0.167. The first-order valence-electron chi connectivity index (χ1n) is 5.16. The van der Waals surface area contributed by atoms with Crippen molar-refractivity contribution in [1.29, 1.82) is 0 Å². The molecule has 1 aromatic heterocycles. The van der Waals surface area contributed by atoms with E-state index in [2.05, 4.69) is 0 Å². The average Bonchev–Trinajstić information content (AvgIpc) is 2.85. The predicted molar refractivity (Wildman–Crippen MR) is 71.9 cm³/mol. The molecule has 0 bridgehead atoms. The Morgan fingerprint density at radius 2 is 2.00 bits per heavy atom. The number of rotatable bonds is 5. The number of nitrogen functional groups attached to an aromatic ring is 1. The molecule has 2 N–H and O–H groups in total. The summed E-state index contributed by atoms with van der Waals surface area (Å²) in [6.45, 7) is 0.439. The van der Waals surface area contributed by atoms with Crippen LogP contribution in [0.1, 0.15) is 0 Å². The number of thiophene rings is 1. The highest BCUT2D eigenvalue weighted by atomic mass is 32.2. The molecule has 90 valence electrons. The predicted octanol–water partition coefficient (Wildman–Crippen LogP) is 2.52. The smallest absolute Gasteiger partial charge is 0.119 e. The number of hydrogen-bond acceptors (Lipinski definition) is 4. The molecule has 0 spiro atoms. The quantitative estimate of drug-likeness (QED) is 0.847. The van der Waals surface area contributed by atoms with Gasteiger partial charge in [0.1, 0.15) is 12.4 Å². The van der Waals surface area contributed by atoms with E-state index in [4.69, 9.17) is 10.5 Å². The van der Waals surface area contributed by atoms with Gasteiger partial charge in [0.25, 0.3) is 0 Å². The molecular weight excluding hydrogens is 254 g/mol. The summed E-state index contributed by atoms with van der Waals surface area (Å²) in [5.41, 5.74) is 6.27. The third-order valence-corrected chi connectivity index (χ3v) is 4.77. The van der Waals surface area contributed by atoms with Crippen molar-refractivity contribution in [3.05, 3.63) is 41.8 Å². The van der Waals surface area contributed by atoms with Crippen molar-refractivity contribution in [2.45, 2.75) is 4.21 Å². The standard InChI is InChI=1S/C12H13NO2S2/c13-10-3-5-11(6-4-10)15-7-9-17(14)12-2-1-8-16-12/h1-6,8H,7,9,13H2. The summed E-state index contributed by atoms with van der Waals surface area (Å²) in [5, 5.41) is 1.92. The fourth-order valence-electron chi connectivity index (χ4n) is 1.29. The number of ether oxygens (including phenoxy) is 1. The molecule has 1 aromatic carbocycles. The van der Waals surface area contributed by atoms with E-state index in [9.17, 15) is 4.21 Å². The van der Waals surface area contributed by atoms with Gasteiger partial charge in [0.05, 0.1) is 20.8 Å². The van der Waals surface area contributed by atoms with Crippen LogP contribution in [0.3, 0.4) is 0 Å². The maximum absolute atomic E-state index is 11.8. The summed E-state index contributed by atoms with van der Waals surface area (Å²) in [5.74, 6) is 1.26. The summed E-state index contributed by atoms with van der Waals surface area (Å²) in [6, 6.07) is 11.0. The first kappa shape index (κ1) is 12.1. The normalized spacial score (nSPS) is 12.2. The summed E-state index contributed by atoms with van der Waals surface area (Å²) in [7, 11) is -0.962. The minimum Gasteiger partial charge on any atom is -0.493 e. The van der Waals surface area contributed by atoms with Crippen LogP contribution in [0.15, 0.2) is 46.0 Å². The molecule has 1 heterocycles. The van der Waals surface area contributed by atoms with E-state index < -0.39 is 10.8 Å². The van der Waals surface area contributed by atoms with Crippen LogP contribution in [0.5, 0.6) is 5.75 Å². The lowest BCUT2D eigenvalue weighted by molar-refractivity contribution is 0.343. The Kier molecular flexibility index (Phi) is 4.17. The first-order valence-corrected chi connectivity index (χ1v) is 7.36. The summed E-state index contributed by atoms with van der Waals surface area (Å²) in [6.07, 6.45) is 0. The van der Waals surface area contributed by atoms with Gasteiger partial charge in [-0.25, -0.2) is 0 Å². The van der Waals surface area contributed by atoms with Crippen LogP contribution >= 0.6 is 11.3 Å². The van der Waals surface area contributed by atoms with Gasteiger partial charge in [0.2, 0.25) is 0 Å². The van der Waals surface area contributed by atoms with Crippen LogP contribution in [-0.4, -0.2) is 16.6 Å². The third kappa shape index (κ3) is 3.57. The minimum absolute atomic E-state index is 0.439. The number of nitrogens with two attached hydrogens (primary N) is 1. The molecule has 0 saturated heterocycles. The van der Waals surface area contributed by atoms with Gasteiger partial charge >= 0.3 is 0 Å². The first-order chi connectivity index (χ1) is 8.25. The number of benzene rings is 1. The Morgan fingerprint density at radius 3 is 2.65 bits per heavy atom. The van der Waals surface area contributed by atoms with Gasteiger partial charge in [-0.3, -0.25) is 4.21 Å². The van der Waals surface area contributed by atoms with Crippen LogP contribution in [0, 0.1) is 0 Å². The van der Waals surface area contributed by atoms with Crippen LogP contribution in [0.25, 0.3) is 0 Å². The van der Waals surface area contributed by atoms with Gasteiger partial charge in [-0.05, 0) is 35.7 Å². The number of anilines is 1. The second-order valence-corrected chi connectivity index (χ2v) is 6.14. The van der Waals surface area contributed by atoms with E-state index in [1.165, 1.54) is 11.3 Å². The maximum Gasteiger partial charge on any atom is 0.119 e. The van der Waals surface area contributed by atoms with Crippen molar-refractivity contribution in [3.8, 4) is 5.75 Å². The van der Waals surface area contributed by atoms with Gasteiger partial charge < -0.3 is 10.5 Å². The van der Waals surface area contributed by atoms with Crippen molar-refractivity contribution in [3.63, 3.8) is 0 Å². The third-order valence-electron chi connectivity index (χ3n) is 2.14. The summed E-state index contributed by atoms with van der Waals surface area (Å²) < 4.78 is 18.2. The van der Waals surface area contributed by atoms with Crippen LogP contribution in [0.2, 0.25) is 0 Å². The van der Waals surface area contributed by atoms with Gasteiger partial charge in [0.15, 0.2) is 0 Å². The van der Waals surface area contributed by atoms with Crippen LogP contribution in [-0.2, 0) is 10.8 Å². The Bertz CT molecular complexity index is 480. The fourth-order valence-corrected chi connectivity index (χ4v) is 3.25. The summed E-state index contributed by atoms with van der Waals surface area (Å²) >= 11 is 1.51. The van der Waals surface area contributed by atoms with E-state index in [0.29, 0.717) is 18.0 Å². The number of hydrogen-bond donors (Lipinski definition) is 1. The van der Waals surface area contributed by atoms with E-state index in [1.54, 1.807) is 12.1 Å². The highest BCUT2D eigenvalue weighted by molar-refractivity contribution is 7.87. The lowest BCUT2D eigenvalue weighted by Gasteiger charge is -2.05. The molecule has 0 aliphatic rings. The highest BCUT2D eigenvalue weighted by Crippen LogP contribution is 2.15. The van der Waals surface area contributed by atoms with E-state index in [0.717, 1.165) is 9.96 Å². The van der Waals surface area contributed by atoms with Crippen molar-refractivity contribution >= 4 is 27.8 Å². The molecule has 17 heavy (non-hydrogen) atoms.